The number of hydrogen-bond acceptors (Lipinski definition) is 2. The average molecular weight is 369 g/mol. The van der Waals surface area contributed by atoms with Gasteiger partial charge in [-0.25, -0.2) is 0 Å². The molecule has 0 aliphatic carbocycles. The normalized spacial score (nSPS) is 10.4. The quantitative estimate of drug-likeness (QED) is 0.562. The van der Waals surface area contributed by atoms with Gasteiger partial charge in [-0.05, 0) is 80.0 Å². The maximum Gasteiger partial charge on any atom is 0.123 e. The van der Waals surface area contributed by atoms with Crippen LogP contribution < -0.4 is 4.74 Å². The lowest BCUT2D eigenvalue weighted by Crippen LogP contribution is -2.00. The molecule has 2 aromatic rings. The Morgan fingerprint density at radius 1 is 0.889 bits per heavy atom. The maximum absolute atomic E-state index is 9.46. The molecule has 0 bridgehead atoms. The van der Waals surface area contributed by atoms with Crippen LogP contribution in [-0.4, -0.2) is 11.7 Å². The minimum absolute atomic E-state index is 0.399. The van der Waals surface area contributed by atoms with E-state index in [4.69, 9.17) is 4.74 Å². The summed E-state index contributed by atoms with van der Waals surface area (Å²) in [5.74, 6) is 2.34. The van der Waals surface area contributed by atoms with Crippen molar-refractivity contribution >= 4 is 0 Å². The number of aryl methyl sites for hydroxylation is 2. The molecular weight excluding hydrogens is 332 g/mol. The molecule has 0 aliphatic heterocycles. The van der Waals surface area contributed by atoms with E-state index in [1.807, 2.05) is 19.1 Å². The first kappa shape index (κ1) is 22.8. The number of phenolic OH excluding ortho intramolecular Hbond substituents is 1. The molecule has 0 atom stereocenters. The molecule has 0 saturated carbocycles. The Morgan fingerprint density at radius 2 is 1.41 bits per heavy atom. The third-order valence-corrected chi connectivity index (χ3v) is 4.33. The standard InChI is InChI=1S/C15H22O.C10H14O/c1-11(2)8-9-16-15-10-13(5)6-7-14(15)12(3)4;1-7(2)9-5-4-8(3)6-10(9)11/h6-8,10,12H,9H2,1-5H3;4-7,11H,1-3H3. The molecule has 27 heavy (non-hydrogen) atoms. The van der Waals surface area contributed by atoms with Crippen molar-refractivity contribution < 1.29 is 9.84 Å². The molecule has 0 heterocycles. The number of phenols is 1. The molecule has 0 spiro atoms. The van der Waals surface area contributed by atoms with Gasteiger partial charge in [0.2, 0.25) is 0 Å². The number of aromatic hydroxyl groups is 1. The van der Waals surface area contributed by atoms with Crippen LogP contribution in [-0.2, 0) is 0 Å². The van der Waals surface area contributed by atoms with Gasteiger partial charge in [0.05, 0.1) is 0 Å². The highest BCUT2D eigenvalue weighted by atomic mass is 16.5. The van der Waals surface area contributed by atoms with Crippen LogP contribution in [0.2, 0.25) is 0 Å². The van der Waals surface area contributed by atoms with Crippen LogP contribution in [0.4, 0.5) is 0 Å². The fourth-order valence-electron chi connectivity index (χ4n) is 2.68. The second kappa shape index (κ2) is 10.8. The molecule has 0 unspecified atom stereocenters. The summed E-state index contributed by atoms with van der Waals surface area (Å²) < 4.78 is 5.81. The summed E-state index contributed by atoms with van der Waals surface area (Å²) in [6, 6.07) is 12.2. The zero-order valence-corrected chi connectivity index (χ0v) is 18.3. The summed E-state index contributed by atoms with van der Waals surface area (Å²) in [4.78, 5) is 0. The molecule has 2 heteroatoms. The average Bonchev–Trinajstić information content (AvgIpc) is 2.54. The van der Waals surface area contributed by atoms with Crippen molar-refractivity contribution in [2.75, 3.05) is 6.61 Å². The van der Waals surface area contributed by atoms with Crippen LogP contribution in [0.3, 0.4) is 0 Å². The minimum atomic E-state index is 0.399. The predicted molar refractivity (Wildman–Crippen MR) is 117 cm³/mol. The third-order valence-electron chi connectivity index (χ3n) is 4.33. The van der Waals surface area contributed by atoms with Crippen molar-refractivity contribution in [3.8, 4) is 11.5 Å². The molecule has 0 aliphatic rings. The van der Waals surface area contributed by atoms with Crippen LogP contribution in [0.5, 0.6) is 11.5 Å². The highest BCUT2D eigenvalue weighted by Crippen LogP contribution is 2.27. The Morgan fingerprint density at radius 3 is 1.89 bits per heavy atom. The molecule has 2 aromatic carbocycles. The lowest BCUT2D eigenvalue weighted by molar-refractivity contribution is 0.356. The molecule has 2 nitrogen and oxygen atoms in total. The van der Waals surface area contributed by atoms with Gasteiger partial charge in [-0.1, -0.05) is 57.5 Å². The highest BCUT2D eigenvalue weighted by molar-refractivity contribution is 5.39. The summed E-state index contributed by atoms with van der Waals surface area (Å²) in [7, 11) is 0. The van der Waals surface area contributed by atoms with Crippen molar-refractivity contribution in [3.05, 3.63) is 70.3 Å². The first-order valence-corrected chi connectivity index (χ1v) is 9.78. The number of benzene rings is 2. The van der Waals surface area contributed by atoms with Crippen molar-refractivity contribution in [3.63, 3.8) is 0 Å². The number of ether oxygens (including phenoxy) is 1. The second-order valence-electron chi connectivity index (χ2n) is 8.01. The zero-order valence-electron chi connectivity index (χ0n) is 18.3. The summed E-state index contributed by atoms with van der Waals surface area (Å²) in [5.41, 5.74) is 5.95. The predicted octanol–water partition coefficient (Wildman–Crippen LogP) is 7.29. The van der Waals surface area contributed by atoms with Gasteiger partial charge in [-0.2, -0.15) is 0 Å². The fraction of sp³-hybridized carbons (Fsp3) is 0.440. The molecule has 148 valence electrons. The fourth-order valence-corrected chi connectivity index (χ4v) is 2.68. The summed E-state index contributed by atoms with van der Waals surface area (Å²) in [5, 5.41) is 9.46. The monoisotopic (exact) mass is 368 g/mol. The molecular formula is C25H36O2. The van der Waals surface area contributed by atoms with Crippen molar-refractivity contribution in [2.24, 2.45) is 0 Å². The van der Waals surface area contributed by atoms with Crippen LogP contribution in [0.15, 0.2) is 48.0 Å². The van der Waals surface area contributed by atoms with E-state index in [2.05, 4.69) is 72.7 Å². The van der Waals surface area contributed by atoms with Gasteiger partial charge in [-0.15, -0.1) is 0 Å². The second-order valence-corrected chi connectivity index (χ2v) is 8.01. The summed E-state index contributed by atoms with van der Waals surface area (Å²) >= 11 is 0. The highest BCUT2D eigenvalue weighted by Gasteiger charge is 2.07. The van der Waals surface area contributed by atoms with Crippen molar-refractivity contribution in [1.29, 1.82) is 0 Å². The Labute approximate surface area is 165 Å². The van der Waals surface area contributed by atoms with Gasteiger partial charge in [0.25, 0.3) is 0 Å². The Hall–Kier alpha value is -2.22. The molecule has 0 fully saturated rings. The number of hydrogen-bond donors (Lipinski definition) is 1. The van der Waals surface area contributed by atoms with E-state index >= 15 is 0 Å². The van der Waals surface area contributed by atoms with Gasteiger partial charge < -0.3 is 9.84 Å². The van der Waals surface area contributed by atoms with E-state index in [1.165, 1.54) is 16.7 Å². The topological polar surface area (TPSA) is 29.5 Å². The summed E-state index contributed by atoms with van der Waals surface area (Å²) in [6.45, 7) is 17.4. The lowest BCUT2D eigenvalue weighted by Gasteiger charge is -2.13. The van der Waals surface area contributed by atoms with Gasteiger partial charge in [0.15, 0.2) is 0 Å². The molecule has 0 radical (unpaired) electrons. The van der Waals surface area contributed by atoms with E-state index < -0.39 is 0 Å². The van der Waals surface area contributed by atoms with Crippen LogP contribution in [0, 0.1) is 13.8 Å². The Kier molecular flexibility index (Phi) is 9.14. The van der Waals surface area contributed by atoms with Crippen molar-refractivity contribution in [1.82, 2.24) is 0 Å². The molecule has 0 aromatic heterocycles. The van der Waals surface area contributed by atoms with Crippen LogP contribution in [0.1, 0.15) is 75.6 Å². The first-order valence-electron chi connectivity index (χ1n) is 9.78. The maximum atomic E-state index is 9.46. The SMILES string of the molecule is CC(C)=CCOc1cc(C)ccc1C(C)C.Cc1ccc(C(C)C)c(O)c1. The van der Waals surface area contributed by atoms with Crippen molar-refractivity contribution in [2.45, 2.75) is 67.2 Å². The largest absolute Gasteiger partial charge is 0.508 e. The lowest BCUT2D eigenvalue weighted by atomic mass is 10.0. The molecule has 1 N–H and O–H groups in total. The van der Waals surface area contributed by atoms with Gasteiger partial charge in [0.1, 0.15) is 18.1 Å². The summed E-state index contributed by atoms with van der Waals surface area (Å²) in [6.07, 6.45) is 2.10. The minimum Gasteiger partial charge on any atom is -0.508 e. The van der Waals surface area contributed by atoms with E-state index in [9.17, 15) is 5.11 Å². The van der Waals surface area contributed by atoms with E-state index in [0.29, 0.717) is 24.2 Å². The van der Waals surface area contributed by atoms with Gasteiger partial charge in [0, 0.05) is 0 Å². The number of allylic oxidation sites excluding steroid dienone is 1. The molecule has 0 saturated heterocycles. The third kappa shape index (κ3) is 7.90. The first-order chi connectivity index (χ1) is 12.6. The molecule has 0 amide bonds. The van der Waals surface area contributed by atoms with Crippen LogP contribution in [0.25, 0.3) is 0 Å². The smallest absolute Gasteiger partial charge is 0.123 e. The van der Waals surface area contributed by atoms with Gasteiger partial charge in [-0.3, -0.25) is 0 Å². The van der Waals surface area contributed by atoms with Gasteiger partial charge >= 0.3 is 0 Å². The van der Waals surface area contributed by atoms with Crippen LogP contribution >= 0.6 is 0 Å². The number of rotatable bonds is 5. The van der Waals surface area contributed by atoms with E-state index in [0.717, 1.165) is 16.9 Å². The zero-order chi connectivity index (χ0) is 20.6. The Bertz CT molecular complexity index is 751. The Balaban J connectivity index is 0.000000289. The van der Waals surface area contributed by atoms with E-state index in [-0.39, 0.29) is 0 Å². The van der Waals surface area contributed by atoms with E-state index in [1.54, 1.807) is 6.07 Å². The molecule has 2 rings (SSSR count).